The standard InChI is InChI=1S/C20H25ClN2O2/c1-23(2)12-13-11-14(5-8-17(13)21)22-18-9-6-16-15(18)7-10-19(24-3)20(16)25-4/h5,7-8,10-11,18,22H,6,9,12H2,1-4H3. The quantitative estimate of drug-likeness (QED) is 0.821. The maximum atomic E-state index is 6.33. The predicted octanol–water partition coefficient (Wildman–Crippen LogP) is 4.52. The van der Waals surface area contributed by atoms with Gasteiger partial charge in [0.1, 0.15) is 0 Å². The first-order chi connectivity index (χ1) is 12.0. The molecule has 0 saturated carbocycles. The summed E-state index contributed by atoms with van der Waals surface area (Å²) in [6, 6.07) is 10.5. The van der Waals surface area contributed by atoms with Gasteiger partial charge in [-0.3, -0.25) is 0 Å². The fraction of sp³-hybridized carbons (Fsp3) is 0.400. The maximum absolute atomic E-state index is 6.33. The van der Waals surface area contributed by atoms with Crippen molar-refractivity contribution >= 4 is 17.3 Å². The number of hydrogen-bond donors (Lipinski definition) is 1. The summed E-state index contributed by atoms with van der Waals surface area (Å²) in [6.07, 6.45) is 2.01. The third-order valence-electron chi connectivity index (χ3n) is 4.62. The van der Waals surface area contributed by atoms with Crippen LogP contribution >= 0.6 is 11.6 Å². The number of fused-ring (bicyclic) bond motifs is 1. The van der Waals surface area contributed by atoms with Gasteiger partial charge >= 0.3 is 0 Å². The number of methoxy groups -OCH3 is 2. The lowest BCUT2D eigenvalue weighted by Crippen LogP contribution is -2.12. The number of hydrogen-bond acceptors (Lipinski definition) is 4. The van der Waals surface area contributed by atoms with Crippen LogP contribution in [0.3, 0.4) is 0 Å². The van der Waals surface area contributed by atoms with E-state index in [1.165, 1.54) is 11.1 Å². The molecular weight excluding hydrogens is 336 g/mol. The van der Waals surface area contributed by atoms with Gasteiger partial charge in [-0.1, -0.05) is 17.7 Å². The Hall–Kier alpha value is -1.91. The summed E-state index contributed by atoms with van der Waals surface area (Å²) >= 11 is 6.33. The Balaban J connectivity index is 1.85. The van der Waals surface area contributed by atoms with Crippen LogP contribution in [0.1, 0.15) is 29.2 Å². The SMILES string of the molecule is COc1ccc2c(c1OC)CCC2Nc1ccc(Cl)c(CN(C)C)c1. The van der Waals surface area contributed by atoms with E-state index in [1.807, 2.05) is 32.3 Å². The van der Waals surface area contributed by atoms with Gasteiger partial charge in [-0.05, 0) is 62.3 Å². The van der Waals surface area contributed by atoms with Crippen LogP contribution in [0.4, 0.5) is 5.69 Å². The highest BCUT2D eigenvalue weighted by Gasteiger charge is 2.27. The molecule has 1 aliphatic rings. The van der Waals surface area contributed by atoms with Crippen molar-refractivity contribution in [3.63, 3.8) is 0 Å². The van der Waals surface area contributed by atoms with Crippen LogP contribution in [0.25, 0.3) is 0 Å². The second-order valence-electron chi connectivity index (χ2n) is 6.65. The molecule has 0 bridgehead atoms. The van der Waals surface area contributed by atoms with E-state index in [0.717, 1.165) is 47.2 Å². The van der Waals surface area contributed by atoms with Gasteiger partial charge in [0.15, 0.2) is 11.5 Å². The second-order valence-corrected chi connectivity index (χ2v) is 7.06. The molecule has 1 unspecified atom stereocenters. The summed E-state index contributed by atoms with van der Waals surface area (Å²) in [6.45, 7) is 0.820. The molecule has 0 aromatic heterocycles. The molecule has 0 amide bonds. The lowest BCUT2D eigenvalue weighted by Gasteiger charge is -2.19. The molecule has 5 heteroatoms. The van der Waals surface area contributed by atoms with E-state index in [2.05, 4.69) is 22.3 Å². The maximum Gasteiger partial charge on any atom is 0.164 e. The minimum Gasteiger partial charge on any atom is -0.493 e. The molecule has 1 N–H and O–H groups in total. The third kappa shape index (κ3) is 3.70. The number of nitrogens with zero attached hydrogens (tertiary/aromatic N) is 1. The summed E-state index contributed by atoms with van der Waals surface area (Å²) in [5, 5.41) is 4.46. The van der Waals surface area contributed by atoms with Crippen LogP contribution < -0.4 is 14.8 Å². The Morgan fingerprint density at radius 2 is 1.96 bits per heavy atom. The van der Waals surface area contributed by atoms with Crippen molar-refractivity contribution in [3.05, 3.63) is 52.0 Å². The average Bonchev–Trinajstić information content (AvgIpc) is 2.99. The molecular formula is C20H25ClN2O2. The largest absolute Gasteiger partial charge is 0.493 e. The van der Waals surface area contributed by atoms with Gasteiger partial charge in [0, 0.05) is 22.8 Å². The van der Waals surface area contributed by atoms with Crippen molar-refractivity contribution in [1.82, 2.24) is 4.90 Å². The molecule has 0 saturated heterocycles. The van der Waals surface area contributed by atoms with Gasteiger partial charge in [-0.15, -0.1) is 0 Å². The molecule has 0 heterocycles. The fourth-order valence-corrected chi connectivity index (χ4v) is 3.69. The van der Waals surface area contributed by atoms with Gasteiger partial charge in [-0.2, -0.15) is 0 Å². The predicted molar refractivity (Wildman–Crippen MR) is 103 cm³/mol. The lowest BCUT2D eigenvalue weighted by atomic mass is 10.1. The van der Waals surface area contributed by atoms with E-state index in [-0.39, 0.29) is 6.04 Å². The molecule has 3 rings (SSSR count). The zero-order chi connectivity index (χ0) is 18.0. The van der Waals surface area contributed by atoms with Crippen molar-refractivity contribution in [2.75, 3.05) is 33.6 Å². The first-order valence-corrected chi connectivity index (χ1v) is 8.84. The number of halogens is 1. The lowest BCUT2D eigenvalue weighted by molar-refractivity contribution is 0.352. The summed E-state index contributed by atoms with van der Waals surface area (Å²) in [5.74, 6) is 1.65. The highest BCUT2D eigenvalue weighted by molar-refractivity contribution is 6.31. The Labute approximate surface area is 154 Å². The molecule has 2 aromatic carbocycles. The smallest absolute Gasteiger partial charge is 0.164 e. The number of nitrogens with one attached hydrogen (secondary N) is 1. The summed E-state index contributed by atoms with van der Waals surface area (Å²) in [5.41, 5.74) is 4.74. The van der Waals surface area contributed by atoms with Crippen LogP contribution in [0.2, 0.25) is 5.02 Å². The number of rotatable bonds is 6. The number of benzene rings is 2. The van der Waals surface area contributed by atoms with Crippen molar-refractivity contribution in [2.24, 2.45) is 0 Å². The second kappa shape index (κ2) is 7.54. The summed E-state index contributed by atoms with van der Waals surface area (Å²) in [7, 11) is 7.47. The van der Waals surface area contributed by atoms with Gasteiger partial charge in [-0.25, -0.2) is 0 Å². The van der Waals surface area contributed by atoms with E-state index in [4.69, 9.17) is 21.1 Å². The van der Waals surface area contributed by atoms with Crippen molar-refractivity contribution in [3.8, 4) is 11.5 Å². The van der Waals surface area contributed by atoms with Crippen molar-refractivity contribution in [2.45, 2.75) is 25.4 Å². The van der Waals surface area contributed by atoms with Gasteiger partial charge in [0.25, 0.3) is 0 Å². The van der Waals surface area contributed by atoms with Gasteiger partial charge in [0.05, 0.1) is 20.3 Å². The molecule has 0 aliphatic heterocycles. The minimum absolute atomic E-state index is 0.267. The Bertz CT molecular complexity index is 762. The van der Waals surface area contributed by atoms with E-state index in [9.17, 15) is 0 Å². The highest BCUT2D eigenvalue weighted by Crippen LogP contribution is 2.43. The van der Waals surface area contributed by atoms with E-state index in [0.29, 0.717) is 0 Å². The van der Waals surface area contributed by atoms with E-state index < -0.39 is 0 Å². The van der Waals surface area contributed by atoms with E-state index in [1.54, 1.807) is 14.2 Å². The third-order valence-corrected chi connectivity index (χ3v) is 4.98. The molecule has 25 heavy (non-hydrogen) atoms. The van der Waals surface area contributed by atoms with Crippen molar-refractivity contribution in [1.29, 1.82) is 0 Å². The van der Waals surface area contributed by atoms with Gasteiger partial charge < -0.3 is 19.7 Å². The zero-order valence-electron chi connectivity index (χ0n) is 15.2. The average molecular weight is 361 g/mol. The molecule has 1 atom stereocenters. The first kappa shape index (κ1) is 17.9. The van der Waals surface area contributed by atoms with Crippen LogP contribution in [0.15, 0.2) is 30.3 Å². The molecule has 0 fully saturated rings. The Morgan fingerprint density at radius 1 is 1.16 bits per heavy atom. The minimum atomic E-state index is 0.267. The van der Waals surface area contributed by atoms with Gasteiger partial charge in [0.2, 0.25) is 0 Å². The Kier molecular flexibility index (Phi) is 5.40. The Morgan fingerprint density at radius 3 is 2.64 bits per heavy atom. The van der Waals surface area contributed by atoms with Crippen LogP contribution in [0, 0.1) is 0 Å². The van der Waals surface area contributed by atoms with Crippen LogP contribution in [-0.4, -0.2) is 33.2 Å². The van der Waals surface area contributed by atoms with E-state index >= 15 is 0 Å². The molecule has 4 nitrogen and oxygen atoms in total. The molecule has 2 aromatic rings. The normalized spacial score (nSPS) is 16.0. The fourth-order valence-electron chi connectivity index (χ4n) is 3.51. The highest BCUT2D eigenvalue weighted by atomic mass is 35.5. The summed E-state index contributed by atoms with van der Waals surface area (Å²) < 4.78 is 11.0. The molecule has 0 radical (unpaired) electrons. The molecule has 134 valence electrons. The number of ether oxygens (including phenoxy) is 2. The zero-order valence-corrected chi connectivity index (χ0v) is 16.0. The molecule has 0 spiro atoms. The first-order valence-electron chi connectivity index (χ1n) is 8.47. The van der Waals surface area contributed by atoms with Crippen molar-refractivity contribution < 1.29 is 9.47 Å². The van der Waals surface area contributed by atoms with Crippen LogP contribution in [0.5, 0.6) is 11.5 Å². The molecule has 1 aliphatic carbocycles. The number of anilines is 1. The summed E-state index contributed by atoms with van der Waals surface area (Å²) in [4.78, 5) is 2.12. The van der Waals surface area contributed by atoms with Crippen LogP contribution in [-0.2, 0) is 13.0 Å². The monoisotopic (exact) mass is 360 g/mol. The topological polar surface area (TPSA) is 33.7 Å².